The van der Waals surface area contributed by atoms with Gasteiger partial charge in [0, 0.05) is 0 Å². The lowest BCUT2D eigenvalue weighted by Crippen LogP contribution is -2.43. The van der Waals surface area contributed by atoms with Crippen molar-refractivity contribution in [3.63, 3.8) is 0 Å². The minimum absolute atomic E-state index is 0.0123. The minimum atomic E-state index is -4.54. The third-order valence-corrected chi connectivity index (χ3v) is 4.39. The van der Waals surface area contributed by atoms with Crippen molar-refractivity contribution < 1.29 is 32.2 Å². The molecular formula is C25H30F3NO4. The zero-order valence-corrected chi connectivity index (χ0v) is 20.2. The number of alkyl halides is 3. The summed E-state index contributed by atoms with van der Waals surface area (Å²) in [5.41, 5.74) is -1.11. The van der Waals surface area contributed by atoms with E-state index in [2.05, 4.69) is 0 Å². The number of hydrogen-bond acceptors (Lipinski definition) is 4. The highest BCUT2D eigenvalue weighted by Crippen LogP contribution is 2.39. The van der Waals surface area contributed by atoms with Gasteiger partial charge in [-0.1, -0.05) is 23.8 Å². The monoisotopic (exact) mass is 465 g/mol. The van der Waals surface area contributed by atoms with E-state index in [1.54, 1.807) is 61.5 Å². The first-order valence-electron chi connectivity index (χ1n) is 10.4. The first-order valence-corrected chi connectivity index (χ1v) is 10.4. The van der Waals surface area contributed by atoms with Crippen LogP contribution in [0.25, 0.3) is 11.1 Å². The Labute approximate surface area is 192 Å². The van der Waals surface area contributed by atoms with E-state index in [1.165, 1.54) is 24.3 Å². The molecule has 5 nitrogen and oxygen atoms in total. The van der Waals surface area contributed by atoms with Gasteiger partial charge < -0.3 is 9.47 Å². The zero-order valence-electron chi connectivity index (χ0n) is 20.2. The third kappa shape index (κ3) is 6.97. The van der Waals surface area contributed by atoms with E-state index in [0.717, 1.165) is 11.0 Å². The smallest absolute Gasteiger partial charge is 0.424 e. The van der Waals surface area contributed by atoms with Crippen molar-refractivity contribution in [2.45, 2.75) is 72.8 Å². The summed E-state index contributed by atoms with van der Waals surface area (Å²) in [4.78, 5) is 26.4. The van der Waals surface area contributed by atoms with Gasteiger partial charge in [0.25, 0.3) is 0 Å². The van der Waals surface area contributed by atoms with E-state index in [1.807, 2.05) is 0 Å². The molecule has 0 aromatic heterocycles. The van der Waals surface area contributed by atoms with Crippen molar-refractivity contribution in [1.29, 1.82) is 0 Å². The number of halogens is 3. The molecule has 8 heteroatoms. The molecule has 0 fully saturated rings. The molecule has 2 aromatic carbocycles. The fraction of sp³-hybridized carbons (Fsp3) is 0.440. The second kappa shape index (κ2) is 9.08. The lowest BCUT2D eigenvalue weighted by atomic mass is 9.94. The number of imide groups is 1. The molecule has 0 atom stereocenters. The summed E-state index contributed by atoms with van der Waals surface area (Å²) in [6, 6.07) is 8.42. The van der Waals surface area contributed by atoms with Crippen LogP contribution in [0.2, 0.25) is 0 Å². The number of aryl methyl sites for hydroxylation is 2. The van der Waals surface area contributed by atoms with Gasteiger partial charge in [-0.3, -0.25) is 0 Å². The van der Waals surface area contributed by atoms with Gasteiger partial charge in [0.05, 0.1) is 11.3 Å². The van der Waals surface area contributed by atoms with E-state index < -0.39 is 35.1 Å². The number of amides is 2. The fourth-order valence-corrected chi connectivity index (χ4v) is 3.12. The van der Waals surface area contributed by atoms with Crippen LogP contribution in [0.15, 0.2) is 36.4 Å². The average Bonchev–Trinajstić information content (AvgIpc) is 2.58. The summed E-state index contributed by atoms with van der Waals surface area (Å²) in [5, 5.41) is 0. The highest BCUT2D eigenvalue weighted by molar-refractivity contribution is 6.09. The van der Waals surface area contributed by atoms with E-state index in [0.29, 0.717) is 16.7 Å². The number of carbonyl (C=O) groups excluding carboxylic acids is 2. The van der Waals surface area contributed by atoms with Crippen molar-refractivity contribution >= 4 is 17.9 Å². The van der Waals surface area contributed by atoms with E-state index in [9.17, 15) is 22.8 Å². The normalized spacial score (nSPS) is 12.3. The molecule has 0 radical (unpaired) electrons. The highest BCUT2D eigenvalue weighted by atomic mass is 19.4. The van der Waals surface area contributed by atoms with Crippen molar-refractivity contribution in [2.24, 2.45) is 0 Å². The molecule has 0 N–H and O–H groups in total. The van der Waals surface area contributed by atoms with Gasteiger partial charge in [-0.05, 0) is 90.3 Å². The highest BCUT2D eigenvalue weighted by Gasteiger charge is 2.35. The molecule has 0 spiro atoms. The maximum absolute atomic E-state index is 13.6. The first kappa shape index (κ1) is 26.2. The first-order chi connectivity index (χ1) is 14.9. The van der Waals surface area contributed by atoms with Gasteiger partial charge in [0.15, 0.2) is 0 Å². The Balaban J connectivity index is 2.58. The minimum Gasteiger partial charge on any atom is -0.443 e. The molecule has 0 aliphatic heterocycles. The number of carbonyl (C=O) groups is 2. The third-order valence-electron chi connectivity index (χ3n) is 4.39. The van der Waals surface area contributed by atoms with Crippen molar-refractivity contribution in [3.05, 3.63) is 53.1 Å². The van der Waals surface area contributed by atoms with E-state index >= 15 is 0 Å². The van der Waals surface area contributed by atoms with Crippen LogP contribution in [0.3, 0.4) is 0 Å². The van der Waals surface area contributed by atoms with Gasteiger partial charge in [-0.15, -0.1) is 0 Å². The molecule has 2 aromatic rings. The lowest BCUT2D eigenvalue weighted by Gasteiger charge is -2.29. The van der Waals surface area contributed by atoms with Gasteiger partial charge >= 0.3 is 18.4 Å². The molecule has 180 valence electrons. The van der Waals surface area contributed by atoms with Gasteiger partial charge in [0.2, 0.25) is 0 Å². The Morgan fingerprint density at radius 3 is 1.67 bits per heavy atom. The van der Waals surface area contributed by atoms with Crippen LogP contribution in [-0.2, 0) is 15.7 Å². The largest absolute Gasteiger partial charge is 0.443 e. The van der Waals surface area contributed by atoms with Crippen LogP contribution in [0.4, 0.5) is 28.4 Å². The van der Waals surface area contributed by atoms with Crippen LogP contribution in [0, 0.1) is 13.8 Å². The second-order valence-corrected chi connectivity index (χ2v) is 9.84. The van der Waals surface area contributed by atoms with Crippen molar-refractivity contribution in [3.8, 4) is 11.1 Å². The average molecular weight is 466 g/mol. The van der Waals surface area contributed by atoms with Gasteiger partial charge in [-0.25, -0.2) is 9.59 Å². The summed E-state index contributed by atoms with van der Waals surface area (Å²) < 4.78 is 51.7. The summed E-state index contributed by atoms with van der Waals surface area (Å²) in [7, 11) is 0. The molecule has 0 heterocycles. The molecule has 0 aliphatic rings. The van der Waals surface area contributed by atoms with Crippen LogP contribution in [0.1, 0.15) is 58.2 Å². The lowest BCUT2D eigenvalue weighted by molar-refractivity contribution is -0.137. The Kier molecular flexibility index (Phi) is 7.21. The number of anilines is 1. The molecule has 2 rings (SSSR count). The van der Waals surface area contributed by atoms with E-state index in [4.69, 9.17) is 9.47 Å². The van der Waals surface area contributed by atoms with Crippen LogP contribution in [0.5, 0.6) is 0 Å². The molecular weight excluding hydrogens is 435 g/mol. The van der Waals surface area contributed by atoms with Crippen LogP contribution < -0.4 is 4.90 Å². The predicted octanol–water partition coefficient (Wildman–Crippen LogP) is 7.67. The summed E-state index contributed by atoms with van der Waals surface area (Å²) in [6.07, 6.45) is -6.43. The predicted molar refractivity (Wildman–Crippen MR) is 121 cm³/mol. The molecule has 0 unspecified atom stereocenters. The number of benzene rings is 2. The van der Waals surface area contributed by atoms with Crippen LogP contribution >= 0.6 is 0 Å². The Hall–Kier alpha value is -3.03. The number of nitrogens with zero attached hydrogens (tertiary/aromatic N) is 1. The molecule has 0 aliphatic carbocycles. The Bertz CT molecular complexity index is 1020. The maximum atomic E-state index is 13.6. The van der Waals surface area contributed by atoms with Crippen LogP contribution in [-0.4, -0.2) is 23.4 Å². The van der Waals surface area contributed by atoms with Crippen molar-refractivity contribution in [1.82, 2.24) is 0 Å². The molecule has 0 saturated heterocycles. The summed E-state index contributed by atoms with van der Waals surface area (Å²) >= 11 is 0. The van der Waals surface area contributed by atoms with E-state index in [-0.39, 0.29) is 11.3 Å². The Morgan fingerprint density at radius 2 is 1.24 bits per heavy atom. The topological polar surface area (TPSA) is 55.8 Å². The molecule has 0 bridgehead atoms. The Morgan fingerprint density at radius 1 is 0.758 bits per heavy atom. The van der Waals surface area contributed by atoms with Gasteiger partial charge in [0.1, 0.15) is 11.2 Å². The molecule has 0 saturated carbocycles. The van der Waals surface area contributed by atoms with Gasteiger partial charge in [-0.2, -0.15) is 18.1 Å². The quantitative estimate of drug-likeness (QED) is 0.457. The SMILES string of the molecule is Cc1ccc(-c2ccc(N(C(=O)OC(C)(C)C)C(=O)OC(C)(C)C)cc2C)c(C(F)(F)F)c1. The second-order valence-electron chi connectivity index (χ2n) is 9.84. The summed E-state index contributed by atoms with van der Waals surface area (Å²) in [5.74, 6) is 0. The standard InChI is InChI=1S/C25H30F3NO4/c1-15-9-11-19(20(13-15)25(26,27)28)18-12-10-17(14-16(18)2)29(21(30)32-23(3,4)5)22(31)33-24(6,7)8/h9-14H,1-8H3. The molecule has 33 heavy (non-hydrogen) atoms. The number of ether oxygens (including phenoxy) is 2. The number of rotatable bonds is 2. The molecule has 2 amide bonds. The number of hydrogen-bond donors (Lipinski definition) is 0. The van der Waals surface area contributed by atoms with Crippen molar-refractivity contribution in [2.75, 3.05) is 4.90 Å². The fourth-order valence-electron chi connectivity index (χ4n) is 3.12. The maximum Gasteiger partial charge on any atom is 0.424 e. The zero-order chi connectivity index (χ0) is 25.4. The summed E-state index contributed by atoms with van der Waals surface area (Å²) in [6.45, 7) is 13.1.